The SMILES string of the molecule is CCC(=O)c1ccc(OC[C@@H](O)Cn2nc(C)c(Br)c2C)cc1. The highest BCUT2D eigenvalue weighted by molar-refractivity contribution is 9.10. The second kappa shape index (κ2) is 7.75. The zero-order chi connectivity index (χ0) is 17.0. The van der Waals surface area contributed by atoms with Crippen LogP contribution < -0.4 is 4.74 Å². The Labute approximate surface area is 144 Å². The molecule has 2 rings (SSSR count). The van der Waals surface area contributed by atoms with E-state index in [0.29, 0.717) is 24.3 Å². The third kappa shape index (κ3) is 4.42. The highest BCUT2D eigenvalue weighted by atomic mass is 79.9. The molecule has 1 aromatic heterocycles. The normalized spacial score (nSPS) is 12.2. The Morgan fingerprint density at radius 1 is 1.35 bits per heavy atom. The lowest BCUT2D eigenvalue weighted by molar-refractivity contribution is 0.0886. The van der Waals surface area contributed by atoms with Gasteiger partial charge in [0.2, 0.25) is 0 Å². The fraction of sp³-hybridized carbons (Fsp3) is 0.412. The smallest absolute Gasteiger partial charge is 0.162 e. The summed E-state index contributed by atoms with van der Waals surface area (Å²) in [6.07, 6.45) is -0.186. The van der Waals surface area contributed by atoms with Crippen molar-refractivity contribution in [2.45, 2.75) is 39.8 Å². The number of aromatic nitrogens is 2. The van der Waals surface area contributed by atoms with Gasteiger partial charge in [0, 0.05) is 17.7 Å². The number of aliphatic hydroxyl groups is 1. The summed E-state index contributed by atoms with van der Waals surface area (Å²) in [5.41, 5.74) is 2.55. The maximum Gasteiger partial charge on any atom is 0.162 e. The number of nitrogens with zero attached hydrogens (tertiary/aromatic N) is 2. The van der Waals surface area contributed by atoms with E-state index in [9.17, 15) is 9.90 Å². The zero-order valence-corrected chi connectivity index (χ0v) is 15.1. The number of aryl methyl sites for hydroxylation is 1. The molecule has 0 amide bonds. The molecule has 2 aromatic rings. The lowest BCUT2D eigenvalue weighted by Gasteiger charge is -2.13. The number of hydrogen-bond acceptors (Lipinski definition) is 4. The first-order chi connectivity index (χ1) is 10.9. The third-order valence-corrected chi connectivity index (χ3v) is 4.76. The van der Waals surface area contributed by atoms with Gasteiger partial charge in [-0.1, -0.05) is 6.92 Å². The van der Waals surface area contributed by atoms with E-state index in [2.05, 4.69) is 21.0 Å². The van der Waals surface area contributed by atoms with Crippen molar-refractivity contribution in [1.29, 1.82) is 0 Å². The van der Waals surface area contributed by atoms with Gasteiger partial charge in [-0.15, -0.1) is 0 Å². The number of halogens is 1. The molecule has 124 valence electrons. The van der Waals surface area contributed by atoms with Crippen molar-refractivity contribution < 1.29 is 14.6 Å². The van der Waals surface area contributed by atoms with Crippen LogP contribution in [0.25, 0.3) is 0 Å². The van der Waals surface area contributed by atoms with Crippen LogP contribution in [0, 0.1) is 13.8 Å². The van der Waals surface area contributed by atoms with E-state index in [-0.39, 0.29) is 12.4 Å². The number of ketones is 1. The quantitative estimate of drug-likeness (QED) is 0.748. The lowest BCUT2D eigenvalue weighted by atomic mass is 10.1. The molecule has 1 atom stereocenters. The summed E-state index contributed by atoms with van der Waals surface area (Å²) in [4.78, 5) is 11.6. The summed E-state index contributed by atoms with van der Waals surface area (Å²) in [5, 5.41) is 14.5. The largest absolute Gasteiger partial charge is 0.491 e. The highest BCUT2D eigenvalue weighted by Gasteiger charge is 2.13. The number of Topliss-reactive ketones (excluding diaryl/α,β-unsaturated/α-hetero) is 1. The first-order valence-electron chi connectivity index (χ1n) is 7.56. The molecule has 0 aliphatic rings. The fourth-order valence-electron chi connectivity index (χ4n) is 2.24. The average Bonchev–Trinajstić information content (AvgIpc) is 2.79. The number of aliphatic hydroxyl groups excluding tert-OH is 1. The van der Waals surface area contributed by atoms with Crippen molar-refractivity contribution in [3.05, 3.63) is 45.7 Å². The van der Waals surface area contributed by atoms with E-state index in [1.54, 1.807) is 28.9 Å². The van der Waals surface area contributed by atoms with Crippen molar-refractivity contribution in [3.8, 4) is 5.75 Å². The number of carbonyl (C=O) groups is 1. The number of benzene rings is 1. The second-order valence-electron chi connectivity index (χ2n) is 5.43. The van der Waals surface area contributed by atoms with Gasteiger partial charge >= 0.3 is 0 Å². The first kappa shape index (κ1) is 17.7. The predicted molar refractivity (Wildman–Crippen MR) is 92.0 cm³/mol. The van der Waals surface area contributed by atoms with Crippen molar-refractivity contribution >= 4 is 21.7 Å². The van der Waals surface area contributed by atoms with E-state index >= 15 is 0 Å². The second-order valence-corrected chi connectivity index (χ2v) is 6.23. The average molecular weight is 381 g/mol. The standard InChI is InChI=1S/C17H21BrN2O3/c1-4-16(22)13-5-7-15(8-6-13)23-10-14(21)9-20-12(3)17(18)11(2)19-20/h5-8,14,21H,4,9-10H2,1-3H3/t14-/m0/s1. The van der Waals surface area contributed by atoms with Crippen LogP contribution in [0.4, 0.5) is 0 Å². The fourth-order valence-corrected chi connectivity index (χ4v) is 2.52. The molecule has 0 unspecified atom stereocenters. The Morgan fingerprint density at radius 3 is 2.52 bits per heavy atom. The molecule has 0 radical (unpaired) electrons. The van der Waals surface area contributed by atoms with Crippen LogP contribution in [0.3, 0.4) is 0 Å². The van der Waals surface area contributed by atoms with Gasteiger partial charge in [0.05, 0.1) is 16.7 Å². The van der Waals surface area contributed by atoms with E-state index < -0.39 is 6.10 Å². The van der Waals surface area contributed by atoms with E-state index in [0.717, 1.165) is 15.9 Å². The summed E-state index contributed by atoms with van der Waals surface area (Å²) in [6, 6.07) is 6.97. The molecule has 23 heavy (non-hydrogen) atoms. The van der Waals surface area contributed by atoms with Crippen LogP contribution in [-0.4, -0.2) is 33.4 Å². The Morgan fingerprint density at radius 2 is 2.00 bits per heavy atom. The Bertz CT molecular complexity index is 680. The number of carbonyl (C=O) groups excluding carboxylic acids is 1. The summed E-state index contributed by atoms with van der Waals surface area (Å²) in [5.74, 6) is 0.734. The number of ether oxygens (including phenoxy) is 1. The molecule has 0 bridgehead atoms. The molecule has 0 saturated heterocycles. The van der Waals surface area contributed by atoms with Gasteiger partial charge in [0.15, 0.2) is 5.78 Å². The maximum atomic E-state index is 11.6. The number of hydrogen-bond donors (Lipinski definition) is 1. The minimum atomic E-state index is -0.670. The first-order valence-corrected chi connectivity index (χ1v) is 8.35. The van der Waals surface area contributed by atoms with E-state index in [4.69, 9.17) is 4.74 Å². The Hall–Kier alpha value is -1.66. The molecule has 6 heteroatoms. The number of rotatable bonds is 7. The van der Waals surface area contributed by atoms with Crippen molar-refractivity contribution in [1.82, 2.24) is 9.78 Å². The molecule has 0 aliphatic carbocycles. The van der Waals surface area contributed by atoms with E-state index in [1.165, 1.54) is 0 Å². The molecule has 1 aromatic carbocycles. The van der Waals surface area contributed by atoms with Gasteiger partial charge in [-0.25, -0.2) is 0 Å². The van der Waals surface area contributed by atoms with Crippen molar-refractivity contribution in [2.24, 2.45) is 0 Å². The minimum absolute atomic E-state index is 0.103. The van der Waals surface area contributed by atoms with Crippen LogP contribution in [0.2, 0.25) is 0 Å². The molecule has 5 nitrogen and oxygen atoms in total. The predicted octanol–water partition coefficient (Wildman–Crippen LogP) is 3.30. The Balaban J connectivity index is 1.90. The summed E-state index contributed by atoms with van der Waals surface area (Å²) >= 11 is 3.47. The highest BCUT2D eigenvalue weighted by Crippen LogP contribution is 2.20. The van der Waals surface area contributed by atoms with Gasteiger partial charge in [-0.3, -0.25) is 9.48 Å². The summed E-state index contributed by atoms with van der Waals surface area (Å²) < 4.78 is 8.29. The summed E-state index contributed by atoms with van der Waals surface area (Å²) in [7, 11) is 0. The van der Waals surface area contributed by atoms with Crippen molar-refractivity contribution in [3.63, 3.8) is 0 Å². The minimum Gasteiger partial charge on any atom is -0.491 e. The van der Waals surface area contributed by atoms with Gasteiger partial charge in [-0.05, 0) is 54.0 Å². The summed E-state index contributed by atoms with van der Waals surface area (Å²) in [6.45, 7) is 6.22. The lowest BCUT2D eigenvalue weighted by Crippen LogP contribution is -2.24. The molecule has 0 saturated carbocycles. The molecular formula is C17H21BrN2O3. The maximum absolute atomic E-state index is 11.6. The Kier molecular flexibility index (Phi) is 5.96. The van der Waals surface area contributed by atoms with Crippen LogP contribution >= 0.6 is 15.9 Å². The van der Waals surface area contributed by atoms with Crippen LogP contribution in [0.5, 0.6) is 5.75 Å². The molecule has 1 N–H and O–H groups in total. The van der Waals surface area contributed by atoms with E-state index in [1.807, 2.05) is 20.8 Å². The topological polar surface area (TPSA) is 64.3 Å². The molecule has 1 heterocycles. The zero-order valence-electron chi connectivity index (χ0n) is 13.5. The molecular weight excluding hydrogens is 360 g/mol. The monoisotopic (exact) mass is 380 g/mol. The molecule has 0 spiro atoms. The van der Waals surface area contributed by atoms with Crippen LogP contribution in [0.1, 0.15) is 35.1 Å². The van der Waals surface area contributed by atoms with Crippen LogP contribution in [-0.2, 0) is 6.54 Å². The molecule has 0 fully saturated rings. The van der Waals surface area contributed by atoms with Gasteiger partial charge in [0.25, 0.3) is 0 Å². The molecule has 0 aliphatic heterocycles. The van der Waals surface area contributed by atoms with Crippen molar-refractivity contribution in [2.75, 3.05) is 6.61 Å². The third-order valence-electron chi connectivity index (χ3n) is 3.62. The van der Waals surface area contributed by atoms with Gasteiger partial charge < -0.3 is 9.84 Å². The van der Waals surface area contributed by atoms with Gasteiger partial charge in [-0.2, -0.15) is 5.10 Å². The van der Waals surface area contributed by atoms with Crippen LogP contribution in [0.15, 0.2) is 28.7 Å². The van der Waals surface area contributed by atoms with Gasteiger partial charge in [0.1, 0.15) is 18.5 Å².